The number of carbonyl (C=O) groups is 2. The molecular weight excluding hydrogens is 248 g/mol. The van der Waals surface area contributed by atoms with Crippen molar-refractivity contribution < 1.29 is 9.59 Å². The van der Waals surface area contributed by atoms with Gasteiger partial charge in [-0.2, -0.15) is 0 Å². The number of hydrazine groups is 2. The first kappa shape index (κ1) is 17.5. The number of amides is 4. The summed E-state index contributed by atoms with van der Waals surface area (Å²) in [7, 11) is 0. The second-order valence-corrected chi connectivity index (χ2v) is 5.04. The highest BCUT2D eigenvalue weighted by Gasteiger charge is 2.25. The molecule has 0 spiro atoms. The summed E-state index contributed by atoms with van der Waals surface area (Å²) in [6, 6.07) is -1.54. The number of rotatable bonds is 7. The summed E-state index contributed by atoms with van der Waals surface area (Å²) in [5, 5.41) is 2.00. The van der Waals surface area contributed by atoms with Gasteiger partial charge in [-0.15, -0.1) is 0 Å². The van der Waals surface area contributed by atoms with Crippen LogP contribution in [0.2, 0.25) is 0 Å². The lowest BCUT2D eigenvalue weighted by Gasteiger charge is -2.32. The minimum absolute atomic E-state index is 0.0767. The van der Waals surface area contributed by atoms with Crippen LogP contribution in [0.4, 0.5) is 9.59 Å². The second-order valence-electron chi connectivity index (χ2n) is 5.04. The van der Waals surface area contributed by atoms with Crippen molar-refractivity contribution >= 4 is 12.1 Å². The molecule has 2 unspecified atom stereocenters. The Morgan fingerprint density at radius 1 is 1.11 bits per heavy atom. The molecule has 2 atom stereocenters. The van der Waals surface area contributed by atoms with Gasteiger partial charge >= 0.3 is 12.1 Å². The van der Waals surface area contributed by atoms with Gasteiger partial charge in [-0.3, -0.25) is 10.0 Å². The van der Waals surface area contributed by atoms with Gasteiger partial charge in [-0.05, 0) is 24.7 Å². The smallest absolute Gasteiger partial charge is 0.329 e. The maximum Gasteiger partial charge on any atom is 0.329 e. The minimum atomic E-state index is -0.682. The molecule has 8 nitrogen and oxygen atoms in total. The number of hydrogen-bond acceptors (Lipinski definition) is 4. The second kappa shape index (κ2) is 7.80. The first-order chi connectivity index (χ1) is 8.70. The van der Waals surface area contributed by atoms with E-state index in [1.165, 1.54) is 0 Å². The lowest BCUT2D eigenvalue weighted by Crippen LogP contribution is -2.51. The average molecular weight is 274 g/mol. The van der Waals surface area contributed by atoms with Gasteiger partial charge in [0.15, 0.2) is 0 Å². The molecule has 0 bridgehead atoms. The third kappa shape index (κ3) is 5.75. The van der Waals surface area contributed by atoms with Crippen LogP contribution in [0, 0.1) is 11.8 Å². The maximum absolute atomic E-state index is 11.1. The summed E-state index contributed by atoms with van der Waals surface area (Å²) in [6.45, 7) is 6.25. The minimum Gasteiger partial charge on any atom is -0.350 e. The topological polar surface area (TPSA) is 145 Å². The van der Waals surface area contributed by atoms with Crippen LogP contribution in [0.25, 0.3) is 0 Å². The van der Waals surface area contributed by atoms with Crippen molar-refractivity contribution in [2.45, 2.75) is 39.7 Å². The van der Waals surface area contributed by atoms with E-state index in [-0.39, 0.29) is 17.9 Å². The van der Waals surface area contributed by atoms with E-state index < -0.39 is 12.1 Å². The zero-order valence-corrected chi connectivity index (χ0v) is 11.9. The standard InChI is InChI=1S/C11H26N6O2/c1-4-9(17(15)11(13)19)5-8(7(2)3)6-16(14)10(12)18/h7-9H,4-6,14-15H2,1-3H3,(H2,12,18)(H2,13,19). The highest BCUT2D eigenvalue weighted by molar-refractivity contribution is 5.71. The summed E-state index contributed by atoms with van der Waals surface area (Å²) >= 11 is 0. The van der Waals surface area contributed by atoms with Gasteiger partial charge < -0.3 is 11.5 Å². The van der Waals surface area contributed by atoms with Crippen LogP contribution < -0.4 is 23.2 Å². The molecule has 0 rings (SSSR count). The van der Waals surface area contributed by atoms with Crippen LogP contribution in [0.3, 0.4) is 0 Å². The summed E-state index contributed by atoms with van der Waals surface area (Å²) < 4.78 is 0. The molecule has 0 aromatic heterocycles. The van der Waals surface area contributed by atoms with E-state index in [0.29, 0.717) is 19.4 Å². The predicted molar refractivity (Wildman–Crippen MR) is 73.1 cm³/mol. The molecule has 0 aromatic rings. The van der Waals surface area contributed by atoms with Crippen molar-refractivity contribution in [3.8, 4) is 0 Å². The van der Waals surface area contributed by atoms with E-state index in [2.05, 4.69) is 0 Å². The van der Waals surface area contributed by atoms with E-state index in [4.69, 9.17) is 23.2 Å². The highest BCUT2D eigenvalue weighted by atomic mass is 16.2. The molecule has 0 radical (unpaired) electrons. The molecule has 8 heteroatoms. The summed E-state index contributed by atoms with van der Waals surface area (Å²) in [5.41, 5.74) is 10.3. The fraction of sp³-hybridized carbons (Fsp3) is 0.818. The first-order valence-corrected chi connectivity index (χ1v) is 6.35. The van der Waals surface area contributed by atoms with Crippen LogP contribution in [0.5, 0.6) is 0 Å². The Morgan fingerprint density at radius 2 is 1.63 bits per heavy atom. The zero-order chi connectivity index (χ0) is 15.2. The van der Waals surface area contributed by atoms with E-state index in [1.807, 2.05) is 20.8 Å². The van der Waals surface area contributed by atoms with Crippen molar-refractivity contribution in [3.63, 3.8) is 0 Å². The molecule has 0 aliphatic carbocycles. The van der Waals surface area contributed by atoms with Crippen molar-refractivity contribution in [1.29, 1.82) is 0 Å². The van der Waals surface area contributed by atoms with Gasteiger partial charge in [0.2, 0.25) is 0 Å². The van der Waals surface area contributed by atoms with Gasteiger partial charge in [0.05, 0.1) is 0 Å². The molecule has 4 amide bonds. The Morgan fingerprint density at radius 3 is 1.95 bits per heavy atom. The number of primary amides is 2. The van der Waals surface area contributed by atoms with Crippen LogP contribution >= 0.6 is 0 Å². The van der Waals surface area contributed by atoms with Crippen molar-refractivity contribution in [2.75, 3.05) is 6.54 Å². The molecule has 0 aromatic carbocycles. The third-order valence-corrected chi connectivity index (χ3v) is 3.35. The molecule has 8 N–H and O–H groups in total. The number of hydrogen-bond donors (Lipinski definition) is 4. The Bertz CT molecular complexity index is 310. The van der Waals surface area contributed by atoms with E-state index in [1.54, 1.807) is 0 Å². The zero-order valence-electron chi connectivity index (χ0n) is 11.9. The monoisotopic (exact) mass is 274 g/mol. The van der Waals surface area contributed by atoms with E-state index in [9.17, 15) is 9.59 Å². The molecule has 0 aliphatic heterocycles. The summed E-state index contributed by atoms with van der Waals surface area (Å²) in [4.78, 5) is 22.1. The van der Waals surface area contributed by atoms with Crippen LogP contribution in [-0.2, 0) is 0 Å². The Kier molecular flexibility index (Phi) is 7.17. The summed E-state index contributed by atoms with van der Waals surface area (Å²) in [6.07, 6.45) is 1.28. The normalized spacial score (nSPS) is 14.0. The van der Waals surface area contributed by atoms with E-state index >= 15 is 0 Å². The molecule has 0 fully saturated rings. The molecule has 0 heterocycles. The van der Waals surface area contributed by atoms with E-state index in [0.717, 1.165) is 10.0 Å². The third-order valence-electron chi connectivity index (χ3n) is 3.35. The number of nitrogens with zero attached hydrogens (tertiary/aromatic N) is 2. The highest BCUT2D eigenvalue weighted by Crippen LogP contribution is 2.21. The predicted octanol–water partition coefficient (Wildman–Crippen LogP) is -0.0639. The van der Waals surface area contributed by atoms with Gasteiger partial charge in [-0.25, -0.2) is 21.3 Å². The van der Waals surface area contributed by atoms with Gasteiger partial charge in [0, 0.05) is 12.6 Å². The first-order valence-electron chi connectivity index (χ1n) is 6.35. The summed E-state index contributed by atoms with van der Waals surface area (Å²) in [5.74, 6) is 11.5. The molecule has 0 saturated carbocycles. The quantitative estimate of drug-likeness (QED) is 0.292. The Hall–Kier alpha value is -1.54. The number of urea groups is 2. The lowest BCUT2D eigenvalue weighted by molar-refractivity contribution is 0.143. The molecule has 0 aliphatic rings. The molecule has 19 heavy (non-hydrogen) atoms. The average Bonchev–Trinajstić information content (AvgIpc) is 2.32. The van der Waals surface area contributed by atoms with Gasteiger partial charge in [0.25, 0.3) is 0 Å². The maximum atomic E-state index is 11.1. The molecular formula is C11H26N6O2. The number of nitrogens with two attached hydrogens (primary N) is 4. The van der Waals surface area contributed by atoms with Crippen molar-refractivity contribution in [1.82, 2.24) is 10.0 Å². The van der Waals surface area contributed by atoms with Crippen molar-refractivity contribution in [3.05, 3.63) is 0 Å². The van der Waals surface area contributed by atoms with Crippen LogP contribution in [0.15, 0.2) is 0 Å². The molecule has 0 saturated heterocycles. The largest absolute Gasteiger partial charge is 0.350 e. The molecule has 112 valence electrons. The Labute approximate surface area is 114 Å². The fourth-order valence-electron chi connectivity index (χ4n) is 1.91. The SMILES string of the molecule is CCC(CC(CN(N)C(N)=O)C(C)C)N(N)C(N)=O. The Balaban J connectivity index is 4.72. The van der Waals surface area contributed by atoms with Gasteiger partial charge in [0.1, 0.15) is 0 Å². The van der Waals surface area contributed by atoms with Gasteiger partial charge in [-0.1, -0.05) is 20.8 Å². The number of carbonyl (C=O) groups excluding carboxylic acids is 2. The fourth-order valence-corrected chi connectivity index (χ4v) is 1.91. The van der Waals surface area contributed by atoms with Crippen LogP contribution in [0.1, 0.15) is 33.6 Å². The lowest BCUT2D eigenvalue weighted by atomic mass is 9.88. The van der Waals surface area contributed by atoms with Crippen LogP contribution in [-0.4, -0.2) is 34.7 Å². The van der Waals surface area contributed by atoms with Crippen molar-refractivity contribution in [2.24, 2.45) is 35.0 Å².